The average Bonchev–Trinajstić information content (AvgIpc) is 2.70. The molecule has 1 N–H and O–H groups in total. The second kappa shape index (κ2) is 2.22. The van der Waals surface area contributed by atoms with Crippen molar-refractivity contribution in [2.24, 2.45) is 0 Å². The summed E-state index contributed by atoms with van der Waals surface area (Å²) < 4.78 is 9.68. The Bertz CT molecular complexity index is 241. The molecule has 0 saturated carbocycles. The van der Waals surface area contributed by atoms with Crippen LogP contribution in [0.4, 0.5) is 0 Å². The zero-order chi connectivity index (χ0) is 7.73. The number of epoxide rings is 1. The van der Waals surface area contributed by atoms with Crippen LogP contribution >= 0.6 is 0 Å². The number of hydrogen-bond acceptors (Lipinski definition) is 3. The van der Waals surface area contributed by atoms with Crippen LogP contribution in [0.25, 0.3) is 0 Å². The van der Waals surface area contributed by atoms with Crippen LogP contribution in [0.2, 0.25) is 0 Å². The fourth-order valence-electron chi connectivity index (χ4n) is 0.793. The van der Waals surface area contributed by atoms with Crippen molar-refractivity contribution in [3.63, 3.8) is 0 Å². The molecule has 1 atom stereocenters. The van der Waals surface area contributed by atoms with Crippen LogP contribution in [0.5, 0.6) is 5.75 Å². The van der Waals surface area contributed by atoms with Gasteiger partial charge < -0.3 is 14.6 Å². The molecule has 58 valence electrons. The quantitative estimate of drug-likeness (QED) is 0.502. The van der Waals surface area contributed by atoms with E-state index < -0.39 is 5.97 Å². The predicted octanol–water partition coefficient (Wildman–Crippen LogP) is 0.742. The van der Waals surface area contributed by atoms with Crippen LogP contribution < -0.4 is 4.74 Å². The molecule has 3 heteroatoms. The minimum Gasteiger partial charge on any atom is -0.437 e. The number of benzene rings is 1. The molecule has 1 aromatic carbocycles. The summed E-state index contributed by atoms with van der Waals surface area (Å²) >= 11 is 0. The van der Waals surface area contributed by atoms with Crippen molar-refractivity contribution in [3.05, 3.63) is 30.3 Å². The van der Waals surface area contributed by atoms with Gasteiger partial charge in [-0.05, 0) is 12.1 Å². The number of aliphatic hydroxyl groups is 1. The molecule has 1 fully saturated rings. The Morgan fingerprint density at radius 3 is 2.55 bits per heavy atom. The van der Waals surface area contributed by atoms with Crippen LogP contribution in [0, 0.1) is 0 Å². The maximum Gasteiger partial charge on any atom is 0.350 e. The van der Waals surface area contributed by atoms with Crippen LogP contribution in [-0.2, 0) is 4.74 Å². The Hall–Kier alpha value is -1.06. The molecule has 0 aliphatic carbocycles. The van der Waals surface area contributed by atoms with Gasteiger partial charge in [-0.15, -0.1) is 0 Å². The highest BCUT2D eigenvalue weighted by Gasteiger charge is 2.46. The molecule has 0 aromatic heterocycles. The Kier molecular flexibility index (Phi) is 1.34. The maximum absolute atomic E-state index is 9.14. The fraction of sp³-hybridized carbons (Fsp3) is 0.250. The molecule has 2 rings (SSSR count). The lowest BCUT2D eigenvalue weighted by Gasteiger charge is -2.06. The summed E-state index contributed by atoms with van der Waals surface area (Å²) in [5, 5.41) is 9.14. The summed E-state index contributed by atoms with van der Waals surface area (Å²) in [6.07, 6.45) is 0. The molecule has 1 heterocycles. The van der Waals surface area contributed by atoms with Crippen molar-refractivity contribution < 1.29 is 14.6 Å². The van der Waals surface area contributed by atoms with E-state index in [1.807, 2.05) is 18.2 Å². The van der Waals surface area contributed by atoms with Gasteiger partial charge >= 0.3 is 5.97 Å². The van der Waals surface area contributed by atoms with Crippen molar-refractivity contribution in [1.82, 2.24) is 0 Å². The van der Waals surface area contributed by atoms with E-state index in [0.717, 1.165) is 0 Å². The first-order valence-corrected chi connectivity index (χ1v) is 3.39. The van der Waals surface area contributed by atoms with Gasteiger partial charge in [0, 0.05) is 0 Å². The topological polar surface area (TPSA) is 42.0 Å². The average molecular weight is 152 g/mol. The van der Waals surface area contributed by atoms with Gasteiger partial charge in [0.05, 0.1) is 0 Å². The minimum atomic E-state index is -1.35. The van der Waals surface area contributed by atoms with Gasteiger partial charge in [-0.1, -0.05) is 18.2 Å². The fourth-order valence-corrected chi connectivity index (χ4v) is 0.793. The Labute approximate surface area is 64.2 Å². The summed E-state index contributed by atoms with van der Waals surface area (Å²) in [7, 11) is 0. The number of para-hydroxylation sites is 1. The van der Waals surface area contributed by atoms with E-state index in [1.54, 1.807) is 12.1 Å². The summed E-state index contributed by atoms with van der Waals surface area (Å²) in [6.45, 7) is 0.252. The van der Waals surface area contributed by atoms with Crippen molar-refractivity contribution in [3.8, 4) is 5.75 Å². The second-order valence-corrected chi connectivity index (χ2v) is 2.42. The first-order valence-electron chi connectivity index (χ1n) is 3.39. The van der Waals surface area contributed by atoms with Crippen LogP contribution in [-0.4, -0.2) is 17.7 Å². The minimum absolute atomic E-state index is 0.252. The Morgan fingerprint density at radius 1 is 1.36 bits per heavy atom. The van der Waals surface area contributed by atoms with E-state index >= 15 is 0 Å². The van der Waals surface area contributed by atoms with Gasteiger partial charge in [-0.2, -0.15) is 0 Å². The lowest BCUT2D eigenvalue weighted by Crippen LogP contribution is -2.18. The zero-order valence-corrected chi connectivity index (χ0v) is 5.86. The SMILES string of the molecule is OC1(Oc2ccccc2)CO1. The van der Waals surface area contributed by atoms with E-state index in [4.69, 9.17) is 9.84 Å². The summed E-state index contributed by atoms with van der Waals surface area (Å²) in [4.78, 5) is 0. The van der Waals surface area contributed by atoms with Gasteiger partial charge in [-0.3, -0.25) is 0 Å². The summed E-state index contributed by atoms with van der Waals surface area (Å²) in [5.41, 5.74) is 0. The van der Waals surface area contributed by atoms with Crippen molar-refractivity contribution in [2.75, 3.05) is 6.61 Å². The number of hydrogen-bond donors (Lipinski definition) is 1. The predicted molar refractivity (Wildman–Crippen MR) is 38.0 cm³/mol. The standard InChI is InChI=1S/C8H8O3/c9-8(6-10-8)11-7-4-2-1-3-5-7/h1-5,9H,6H2. The highest BCUT2D eigenvalue weighted by Crippen LogP contribution is 2.26. The lowest BCUT2D eigenvalue weighted by atomic mass is 10.3. The molecule has 1 aromatic rings. The maximum atomic E-state index is 9.14. The molecular formula is C8H8O3. The molecule has 0 amide bonds. The molecule has 1 aliphatic rings. The molecule has 1 saturated heterocycles. The highest BCUT2D eigenvalue weighted by molar-refractivity contribution is 5.21. The number of ether oxygens (including phenoxy) is 2. The summed E-state index contributed by atoms with van der Waals surface area (Å²) in [5.74, 6) is -0.728. The third kappa shape index (κ3) is 1.50. The lowest BCUT2D eigenvalue weighted by molar-refractivity contribution is -0.127. The van der Waals surface area contributed by atoms with Gasteiger partial charge in [0.25, 0.3) is 0 Å². The molecule has 11 heavy (non-hydrogen) atoms. The molecule has 3 nitrogen and oxygen atoms in total. The van der Waals surface area contributed by atoms with Gasteiger partial charge in [0.15, 0.2) is 0 Å². The largest absolute Gasteiger partial charge is 0.437 e. The smallest absolute Gasteiger partial charge is 0.350 e. The molecule has 0 spiro atoms. The monoisotopic (exact) mass is 152 g/mol. The van der Waals surface area contributed by atoms with Gasteiger partial charge in [0.1, 0.15) is 12.4 Å². The Morgan fingerprint density at radius 2 is 2.00 bits per heavy atom. The van der Waals surface area contributed by atoms with Gasteiger partial charge in [0.2, 0.25) is 0 Å². The molecule has 1 aliphatic heterocycles. The van der Waals surface area contributed by atoms with Crippen LogP contribution in [0.1, 0.15) is 0 Å². The normalized spacial score (nSPS) is 28.1. The molecule has 1 unspecified atom stereocenters. The van der Waals surface area contributed by atoms with Crippen molar-refractivity contribution in [2.45, 2.75) is 5.97 Å². The van der Waals surface area contributed by atoms with Crippen LogP contribution in [0.15, 0.2) is 30.3 Å². The first kappa shape index (κ1) is 6.64. The van der Waals surface area contributed by atoms with Gasteiger partial charge in [-0.25, -0.2) is 0 Å². The van der Waals surface area contributed by atoms with E-state index in [1.165, 1.54) is 0 Å². The van der Waals surface area contributed by atoms with Crippen molar-refractivity contribution >= 4 is 0 Å². The van der Waals surface area contributed by atoms with Crippen molar-refractivity contribution in [1.29, 1.82) is 0 Å². The van der Waals surface area contributed by atoms with E-state index in [2.05, 4.69) is 4.74 Å². The third-order valence-electron chi connectivity index (χ3n) is 1.41. The Balaban J connectivity index is 2.07. The molecule has 0 bridgehead atoms. The molecular weight excluding hydrogens is 144 g/mol. The highest BCUT2D eigenvalue weighted by atomic mass is 16.9. The van der Waals surface area contributed by atoms with E-state index in [-0.39, 0.29) is 6.61 Å². The third-order valence-corrected chi connectivity index (χ3v) is 1.41. The molecule has 0 radical (unpaired) electrons. The first-order chi connectivity index (χ1) is 5.29. The number of rotatable bonds is 2. The van der Waals surface area contributed by atoms with E-state index in [0.29, 0.717) is 5.75 Å². The van der Waals surface area contributed by atoms with E-state index in [9.17, 15) is 0 Å². The summed E-state index contributed by atoms with van der Waals surface area (Å²) in [6, 6.07) is 9.08. The zero-order valence-electron chi connectivity index (χ0n) is 5.86. The van der Waals surface area contributed by atoms with Crippen LogP contribution in [0.3, 0.4) is 0 Å². The second-order valence-electron chi connectivity index (χ2n) is 2.42.